The molecule has 0 atom stereocenters. The molecule has 1 N–H and O–H groups in total. The SMILES string of the molecule is Cc1ccc(OCCCO)cc1C=O. The minimum Gasteiger partial charge on any atom is -0.493 e. The summed E-state index contributed by atoms with van der Waals surface area (Å²) >= 11 is 0. The van der Waals surface area contributed by atoms with E-state index in [0.29, 0.717) is 24.3 Å². The second-order valence-electron chi connectivity index (χ2n) is 3.06. The van der Waals surface area contributed by atoms with Crippen LogP contribution < -0.4 is 4.74 Å². The fourth-order valence-electron chi connectivity index (χ4n) is 1.09. The van der Waals surface area contributed by atoms with Gasteiger partial charge < -0.3 is 9.84 Å². The standard InChI is InChI=1S/C11H14O3/c1-9-3-4-11(7-10(9)8-13)14-6-2-5-12/h3-4,7-8,12H,2,5-6H2,1H3. The number of carbonyl (C=O) groups is 1. The molecule has 0 fully saturated rings. The molecule has 0 aliphatic carbocycles. The molecular weight excluding hydrogens is 180 g/mol. The zero-order valence-electron chi connectivity index (χ0n) is 8.19. The van der Waals surface area contributed by atoms with E-state index in [2.05, 4.69) is 0 Å². The average Bonchev–Trinajstić information content (AvgIpc) is 2.21. The molecule has 0 spiro atoms. The molecule has 76 valence electrons. The van der Waals surface area contributed by atoms with Crippen LogP contribution in [-0.4, -0.2) is 24.6 Å². The number of aliphatic hydroxyl groups is 1. The fraction of sp³-hybridized carbons (Fsp3) is 0.364. The highest BCUT2D eigenvalue weighted by Gasteiger charge is 1.99. The summed E-state index contributed by atoms with van der Waals surface area (Å²) in [6.07, 6.45) is 1.42. The Balaban J connectivity index is 2.64. The van der Waals surface area contributed by atoms with Gasteiger partial charge in [-0.1, -0.05) is 6.07 Å². The van der Waals surface area contributed by atoms with Gasteiger partial charge in [0.05, 0.1) is 6.61 Å². The number of rotatable bonds is 5. The molecule has 3 nitrogen and oxygen atoms in total. The molecule has 0 radical (unpaired) electrons. The van der Waals surface area contributed by atoms with Crippen LogP contribution in [0.15, 0.2) is 18.2 Å². The molecule has 0 heterocycles. The maximum atomic E-state index is 10.6. The molecule has 0 saturated heterocycles. The van der Waals surface area contributed by atoms with E-state index in [-0.39, 0.29) is 6.61 Å². The lowest BCUT2D eigenvalue weighted by molar-refractivity contribution is 0.112. The molecule has 1 rings (SSSR count). The van der Waals surface area contributed by atoms with Crippen molar-refractivity contribution in [1.82, 2.24) is 0 Å². The monoisotopic (exact) mass is 194 g/mol. The maximum absolute atomic E-state index is 10.6. The van der Waals surface area contributed by atoms with Crippen LogP contribution in [0.3, 0.4) is 0 Å². The van der Waals surface area contributed by atoms with Gasteiger partial charge in [0.25, 0.3) is 0 Å². The number of aliphatic hydroxyl groups excluding tert-OH is 1. The Hall–Kier alpha value is -1.35. The van der Waals surface area contributed by atoms with E-state index in [9.17, 15) is 4.79 Å². The molecule has 0 saturated carbocycles. The average molecular weight is 194 g/mol. The Morgan fingerprint density at radius 1 is 1.50 bits per heavy atom. The first-order valence-electron chi connectivity index (χ1n) is 4.57. The van der Waals surface area contributed by atoms with Gasteiger partial charge in [-0.3, -0.25) is 4.79 Å². The lowest BCUT2D eigenvalue weighted by Crippen LogP contribution is -2.00. The van der Waals surface area contributed by atoms with Gasteiger partial charge in [0, 0.05) is 18.6 Å². The summed E-state index contributed by atoms with van der Waals surface area (Å²) in [7, 11) is 0. The minimum atomic E-state index is 0.117. The van der Waals surface area contributed by atoms with Gasteiger partial charge in [0.2, 0.25) is 0 Å². The second-order valence-corrected chi connectivity index (χ2v) is 3.06. The van der Waals surface area contributed by atoms with Crippen LogP contribution >= 0.6 is 0 Å². The van der Waals surface area contributed by atoms with Crippen LogP contribution in [0.4, 0.5) is 0 Å². The van der Waals surface area contributed by atoms with E-state index in [1.807, 2.05) is 19.1 Å². The molecule has 0 aromatic heterocycles. The molecule has 0 unspecified atom stereocenters. The lowest BCUT2D eigenvalue weighted by atomic mass is 10.1. The largest absolute Gasteiger partial charge is 0.493 e. The molecule has 0 bridgehead atoms. The summed E-state index contributed by atoms with van der Waals surface area (Å²) in [4.78, 5) is 10.6. The Morgan fingerprint density at radius 2 is 2.29 bits per heavy atom. The summed E-state index contributed by atoms with van der Waals surface area (Å²) in [5.41, 5.74) is 1.58. The zero-order chi connectivity index (χ0) is 10.4. The molecule has 1 aromatic rings. The van der Waals surface area contributed by atoms with Crippen LogP contribution in [0, 0.1) is 6.92 Å². The highest BCUT2D eigenvalue weighted by Crippen LogP contribution is 2.15. The first kappa shape index (κ1) is 10.7. The summed E-state index contributed by atoms with van der Waals surface area (Å²) in [5.74, 6) is 0.672. The van der Waals surface area contributed by atoms with Crippen molar-refractivity contribution in [2.75, 3.05) is 13.2 Å². The Kier molecular flexibility index (Phi) is 4.13. The van der Waals surface area contributed by atoms with Crippen LogP contribution in [-0.2, 0) is 0 Å². The second kappa shape index (κ2) is 5.40. The predicted molar refractivity (Wildman–Crippen MR) is 53.8 cm³/mol. The van der Waals surface area contributed by atoms with E-state index < -0.39 is 0 Å². The number of hydrogen-bond donors (Lipinski definition) is 1. The Bertz CT molecular complexity index is 307. The van der Waals surface area contributed by atoms with Crippen molar-refractivity contribution in [3.8, 4) is 5.75 Å². The van der Waals surface area contributed by atoms with Gasteiger partial charge in [-0.25, -0.2) is 0 Å². The molecule has 3 heteroatoms. The van der Waals surface area contributed by atoms with Crippen molar-refractivity contribution in [3.05, 3.63) is 29.3 Å². The maximum Gasteiger partial charge on any atom is 0.150 e. The van der Waals surface area contributed by atoms with Gasteiger partial charge in [-0.2, -0.15) is 0 Å². The van der Waals surface area contributed by atoms with Crippen molar-refractivity contribution < 1.29 is 14.6 Å². The van der Waals surface area contributed by atoms with Gasteiger partial charge in [0.15, 0.2) is 0 Å². The topological polar surface area (TPSA) is 46.5 Å². The fourth-order valence-corrected chi connectivity index (χ4v) is 1.09. The zero-order valence-corrected chi connectivity index (χ0v) is 8.19. The smallest absolute Gasteiger partial charge is 0.150 e. The highest BCUT2D eigenvalue weighted by molar-refractivity contribution is 5.77. The molecule has 0 aliphatic rings. The number of benzene rings is 1. The summed E-state index contributed by atoms with van der Waals surface area (Å²) in [6.45, 7) is 2.46. The van der Waals surface area contributed by atoms with Gasteiger partial charge in [-0.05, 0) is 24.6 Å². The van der Waals surface area contributed by atoms with Crippen molar-refractivity contribution in [2.24, 2.45) is 0 Å². The van der Waals surface area contributed by atoms with Crippen molar-refractivity contribution in [3.63, 3.8) is 0 Å². The number of ether oxygens (including phenoxy) is 1. The molecule has 1 aromatic carbocycles. The third-order valence-corrected chi connectivity index (χ3v) is 1.95. The third kappa shape index (κ3) is 2.85. The van der Waals surface area contributed by atoms with Gasteiger partial charge in [-0.15, -0.1) is 0 Å². The third-order valence-electron chi connectivity index (χ3n) is 1.95. The Morgan fingerprint density at radius 3 is 2.93 bits per heavy atom. The number of aldehydes is 1. The molecule has 0 aliphatic heterocycles. The van der Waals surface area contributed by atoms with Crippen molar-refractivity contribution in [2.45, 2.75) is 13.3 Å². The van der Waals surface area contributed by atoms with E-state index in [1.54, 1.807) is 6.07 Å². The van der Waals surface area contributed by atoms with E-state index in [1.165, 1.54) is 0 Å². The Labute approximate surface area is 83.3 Å². The quantitative estimate of drug-likeness (QED) is 0.571. The lowest BCUT2D eigenvalue weighted by Gasteiger charge is -2.06. The van der Waals surface area contributed by atoms with Crippen molar-refractivity contribution in [1.29, 1.82) is 0 Å². The number of carbonyl (C=O) groups excluding carboxylic acids is 1. The minimum absolute atomic E-state index is 0.117. The normalized spacial score (nSPS) is 9.86. The van der Waals surface area contributed by atoms with Gasteiger partial charge >= 0.3 is 0 Å². The summed E-state index contributed by atoms with van der Waals surface area (Å²) < 4.78 is 5.32. The van der Waals surface area contributed by atoms with Crippen molar-refractivity contribution >= 4 is 6.29 Å². The van der Waals surface area contributed by atoms with Crippen LogP contribution in [0.1, 0.15) is 22.3 Å². The van der Waals surface area contributed by atoms with Crippen LogP contribution in [0.2, 0.25) is 0 Å². The number of hydrogen-bond acceptors (Lipinski definition) is 3. The highest BCUT2D eigenvalue weighted by atomic mass is 16.5. The van der Waals surface area contributed by atoms with E-state index in [0.717, 1.165) is 11.8 Å². The predicted octanol–water partition coefficient (Wildman–Crippen LogP) is 1.57. The van der Waals surface area contributed by atoms with E-state index >= 15 is 0 Å². The molecule has 14 heavy (non-hydrogen) atoms. The number of aryl methyl sites for hydroxylation is 1. The van der Waals surface area contributed by atoms with Crippen LogP contribution in [0.5, 0.6) is 5.75 Å². The first-order chi connectivity index (χ1) is 6.77. The molecular formula is C11H14O3. The van der Waals surface area contributed by atoms with Crippen LogP contribution in [0.25, 0.3) is 0 Å². The van der Waals surface area contributed by atoms with Gasteiger partial charge in [0.1, 0.15) is 12.0 Å². The summed E-state index contributed by atoms with van der Waals surface area (Å²) in [5, 5.41) is 8.55. The summed E-state index contributed by atoms with van der Waals surface area (Å²) in [6, 6.07) is 5.37. The van der Waals surface area contributed by atoms with E-state index in [4.69, 9.17) is 9.84 Å². The first-order valence-corrected chi connectivity index (χ1v) is 4.57. The molecule has 0 amide bonds.